The van der Waals surface area contributed by atoms with Gasteiger partial charge in [-0.25, -0.2) is 0 Å². The molecule has 15 heavy (non-hydrogen) atoms. The Morgan fingerprint density at radius 1 is 1.67 bits per heavy atom. The molecule has 1 heterocycles. The van der Waals surface area contributed by atoms with Crippen molar-refractivity contribution in [1.29, 1.82) is 0 Å². The molecule has 0 aromatic rings. The molecule has 0 aliphatic carbocycles. The van der Waals surface area contributed by atoms with Gasteiger partial charge in [-0.1, -0.05) is 0 Å². The summed E-state index contributed by atoms with van der Waals surface area (Å²) in [4.78, 5) is 10.6. The van der Waals surface area contributed by atoms with E-state index in [1.54, 1.807) is 0 Å². The first-order valence-corrected chi connectivity index (χ1v) is 5.82. The smallest absolute Gasteiger partial charge is 0.218 e. The van der Waals surface area contributed by atoms with Crippen LogP contribution in [0.1, 0.15) is 39.0 Å². The third kappa shape index (κ3) is 5.74. The Labute approximate surface area is 91.5 Å². The number of hydrogen-bond donors (Lipinski definition) is 2. The highest BCUT2D eigenvalue weighted by Crippen LogP contribution is 2.16. The molecule has 1 fully saturated rings. The molecule has 1 amide bonds. The standard InChI is InChI=1S/C11H22N2O2/c1-9(8-11(12)14)13-6-2-4-10-5-3-7-15-10/h9-10,13H,2-8H2,1H3,(H2,12,14). The Morgan fingerprint density at radius 2 is 2.47 bits per heavy atom. The molecule has 1 aliphatic heterocycles. The average Bonchev–Trinajstić information content (AvgIpc) is 2.63. The molecule has 0 aromatic carbocycles. The zero-order valence-electron chi connectivity index (χ0n) is 9.50. The molecule has 1 rings (SSSR count). The molecule has 2 unspecified atom stereocenters. The highest BCUT2D eigenvalue weighted by atomic mass is 16.5. The minimum atomic E-state index is -0.242. The summed E-state index contributed by atoms with van der Waals surface area (Å²) in [5.74, 6) is -0.242. The number of rotatable bonds is 7. The molecule has 1 saturated heterocycles. The maximum atomic E-state index is 10.6. The molecule has 0 spiro atoms. The number of hydrogen-bond acceptors (Lipinski definition) is 3. The van der Waals surface area contributed by atoms with Gasteiger partial charge in [-0.2, -0.15) is 0 Å². The Kier molecular flexibility index (Phi) is 5.65. The fourth-order valence-electron chi connectivity index (χ4n) is 1.92. The van der Waals surface area contributed by atoms with E-state index in [9.17, 15) is 4.79 Å². The van der Waals surface area contributed by atoms with Crippen molar-refractivity contribution >= 4 is 5.91 Å². The van der Waals surface area contributed by atoms with E-state index in [1.807, 2.05) is 6.92 Å². The van der Waals surface area contributed by atoms with Crippen LogP contribution in [0.15, 0.2) is 0 Å². The average molecular weight is 214 g/mol. The van der Waals surface area contributed by atoms with E-state index in [0.29, 0.717) is 12.5 Å². The lowest BCUT2D eigenvalue weighted by Crippen LogP contribution is -2.31. The first kappa shape index (κ1) is 12.5. The van der Waals surface area contributed by atoms with Crippen molar-refractivity contribution in [2.75, 3.05) is 13.2 Å². The van der Waals surface area contributed by atoms with E-state index in [-0.39, 0.29) is 11.9 Å². The van der Waals surface area contributed by atoms with Crippen molar-refractivity contribution in [2.45, 2.75) is 51.2 Å². The van der Waals surface area contributed by atoms with Gasteiger partial charge in [0.05, 0.1) is 6.10 Å². The quantitative estimate of drug-likeness (QED) is 0.616. The summed E-state index contributed by atoms with van der Waals surface area (Å²) in [6, 6.07) is 0.187. The molecule has 0 saturated carbocycles. The van der Waals surface area contributed by atoms with Gasteiger partial charge in [-0.05, 0) is 39.2 Å². The predicted octanol–water partition coefficient (Wildman–Crippen LogP) is 0.799. The van der Waals surface area contributed by atoms with Crippen LogP contribution >= 0.6 is 0 Å². The molecule has 0 bridgehead atoms. The molecule has 4 heteroatoms. The SMILES string of the molecule is CC(CC(N)=O)NCCCC1CCCO1. The Bertz CT molecular complexity index is 191. The van der Waals surface area contributed by atoms with Crippen molar-refractivity contribution in [3.63, 3.8) is 0 Å². The summed E-state index contributed by atoms with van der Waals surface area (Å²) in [6.07, 6.45) is 5.52. The fraction of sp³-hybridized carbons (Fsp3) is 0.909. The fourth-order valence-corrected chi connectivity index (χ4v) is 1.92. The predicted molar refractivity (Wildman–Crippen MR) is 59.5 cm³/mol. The third-order valence-electron chi connectivity index (χ3n) is 2.73. The van der Waals surface area contributed by atoms with E-state index >= 15 is 0 Å². The summed E-state index contributed by atoms with van der Waals surface area (Å²) in [7, 11) is 0. The van der Waals surface area contributed by atoms with Crippen molar-refractivity contribution in [3.05, 3.63) is 0 Å². The molecule has 0 aromatic heterocycles. The number of nitrogens with one attached hydrogen (secondary N) is 1. The molecule has 4 nitrogen and oxygen atoms in total. The summed E-state index contributed by atoms with van der Waals surface area (Å²) in [6.45, 7) is 3.85. The maximum Gasteiger partial charge on any atom is 0.218 e. The van der Waals surface area contributed by atoms with Crippen molar-refractivity contribution in [3.8, 4) is 0 Å². The Balaban J connectivity index is 1.93. The van der Waals surface area contributed by atoms with E-state index in [2.05, 4.69) is 5.32 Å². The van der Waals surface area contributed by atoms with Crippen LogP contribution < -0.4 is 11.1 Å². The van der Waals surface area contributed by atoms with Crippen LogP contribution in [0.5, 0.6) is 0 Å². The lowest BCUT2D eigenvalue weighted by Gasteiger charge is -2.13. The lowest BCUT2D eigenvalue weighted by atomic mass is 10.1. The minimum absolute atomic E-state index is 0.187. The summed E-state index contributed by atoms with van der Waals surface area (Å²) in [5.41, 5.74) is 5.10. The van der Waals surface area contributed by atoms with Crippen LogP contribution in [0.2, 0.25) is 0 Å². The van der Waals surface area contributed by atoms with Gasteiger partial charge in [0.2, 0.25) is 5.91 Å². The van der Waals surface area contributed by atoms with Crippen LogP contribution in [-0.4, -0.2) is 31.2 Å². The van der Waals surface area contributed by atoms with Gasteiger partial charge in [0.1, 0.15) is 0 Å². The highest BCUT2D eigenvalue weighted by Gasteiger charge is 2.14. The van der Waals surface area contributed by atoms with Crippen molar-refractivity contribution < 1.29 is 9.53 Å². The van der Waals surface area contributed by atoms with Crippen LogP contribution in [0.25, 0.3) is 0 Å². The third-order valence-corrected chi connectivity index (χ3v) is 2.73. The zero-order chi connectivity index (χ0) is 11.1. The monoisotopic (exact) mass is 214 g/mol. The van der Waals surface area contributed by atoms with E-state index in [0.717, 1.165) is 26.0 Å². The van der Waals surface area contributed by atoms with Crippen LogP contribution in [0, 0.1) is 0 Å². The molecule has 1 aliphatic rings. The summed E-state index contributed by atoms with van der Waals surface area (Å²) in [5, 5.41) is 3.28. The number of ether oxygens (including phenoxy) is 1. The maximum absolute atomic E-state index is 10.6. The van der Waals surface area contributed by atoms with Gasteiger partial charge < -0.3 is 15.8 Å². The summed E-state index contributed by atoms with van der Waals surface area (Å²) < 4.78 is 5.52. The lowest BCUT2D eigenvalue weighted by molar-refractivity contribution is -0.118. The molecule has 3 N–H and O–H groups in total. The number of primary amides is 1. The Hall–Kier alpha value is -0.610. The van der Waals surface area contributed by atoms with Gasteiger partial charge in [0.15, 0.2) is 0 Å². The van der Waals surface area contributed by atoms with Crippen LogP contribution in [-0.2, 0) is 9.53 Å². The first-order valence-electron chi connectivity index (χ1n) is 5.82. The zero-order valence-corrected chi connectivity index (χ0v) is 9.50. The second-order valence-electron chi connectivity index (χ2n) is 4.30. The number of nitrogens with two attached hydrogens (primary N) is 1. The van der Waals surface area contributed by atoms with Crippen molar-refractivity contribution in [1.82, 2.24) is 5.32 Å². The highest BCUT2D eigenvalue weighted by molar-refractivity contribution is 5.74. The first-order chi connectivity index (χ1) is 7.18. The molecule has 0 radical (unpaired) electrons. The van der Waals surface area contributed by atoms with Crippen molar-refractivity contribution in [2.24, 2.45) is 5.73 Å². The minimum Gasteiger partial charge on any atom is -0.378 e. The van der Waals surface area contributed by atoms with Crippen LogP contribution in [0.4, 0.5) is 0 Å². The van der Waals surface area contributed by atoms with Gasteiger partial charge in [-0.3, -0.25) is 4.79 Å². The Morgan fingerprint density at radius 3 is 3.07 bits per heavy atom. The molecular formula is C11H22N2O2. The number of carbonyl (C=O) groups is 1. The van der Waals surface area contributed by atoms with Gasteiger partial charge in [0.25, 0.3) is 0 Å². The largest absolute Gasteiger partial charge is 0.378 e. The number of carbonyl (C=O) groups excluding carboxylic acids is 1. The van der Waals surface area contributed by atoms with E-state index in [1.165, 1.54) is 12.8 Å². The normalized spacial score (nSPS) is 22.9. The summed E-state index contributed by atoms with van der Waals surface area (Å²) >= 11 is 0. The second-order valence-corrected chi connectivity index (χ2v) is 4.30. The molecular weight excluding hydrogens is 192 g/mol. The van der Waals surface area contributed by atoms with Gasteiger partial charge >= 0.3 is 0 Å². The molecule has 2 atom stereocenters. The molecule has 88 valence electrons. The van der Waals surface area contributed by atoms with Crippen LogP contribution in [0.3, 0.4) is 0 Å². The van der Waals surface area contributed by atoms with E-state index < -0.39 is 0 Å². The topological polar surface area (TPSA) is 64.4 Å². The number of amides is 1. The van der Waals surface area contributed by atoms with Gasteiger partial charge in [-0.15, -0.1) is 0 Å². The van der Waals surface area contributed by atoms with Gasteiger partial charge in [0, 0.05) is 19.1 Å². The van der Waals surface area contributed by atoms with E-state index in [4.69, 9.17) is 10.5 Å². The second kappa shape index (κ2) is 6.80.